The summed E-state index contributed by atoms with van der Waals surface area (Å²) >= 11 is 0. The summed E-state index contributed by atoms with van der Waals surface area (Å²) in [4.78, 5) is 10.3. The molecular formula is C8H9NO2. The number of hydrogen-bond donors (Lipinski definition) is 1. The van der Waals surface area contributed by atoms with Crippen LogP contribution in [0.3, 0.4) is 0 Å². The van der Waals surface area contributed by atoms with Gasteiger partial charge in [-0.3, -0.25) is 4.79 Å². The van der Waals surface area contributed by atoms with E-state index >= 15 is 0 Å². The third-order valence-electron chi connectivity index (χ3n) is 1.17. The van der Waals surface area contributed by atoms with Crippen molar-refractivity contribution in [3.05, 3.63) is 29.7 Å². The Labute approximate surface area is 64.5 Å². The third kappa shape index (κ3) is 2.29. The molecule has 0 fully saturated rings. The molecule has 3 nitrogen and oxygen atoms in total. The molecule has 0 radical (unpaired) electrons. The highest BCUT2D eigenvalue weighted by atomic mass is 16.3. The zero-order valence-corrected chi connectivity index (χ0v) is 6.20. The lowest BCUT2D eigenvalue weighted by molar-refractivity contribution is -0.113. The lowest BCUT2D eigenvalue weighted by Gasteiger charge is -1.82. The molecule has 0 bridgehead atoms. The molecule has 1 amide bonds. The van der Waals surface area contributed by atoms with Crippen LogP contribution in [0.1, 0.15) is 11.5 Å². The molecule has 1 aromatic heterocycles. The van der Waals surface area contributed by atoms with Gasteiger partial charge in [0.1, 0.15) is 11.5 Å². The Morgan fingerprint density at radius 3 is 2.82 bits per heavy atom. The number of furan rings is 1. The minimum absolute atomic E-state index is 0.473. The van der Waals surface area contributed by atoms with Crippen molar-refractivity contribution in [2.45, 2.75) is 6.92 Å². The fourth-order valence-corrected chi connectivity index (χ4v) is 0.707. The molecule has 0 unspecified atom stereocenters. The average Bonchev–Trinajstić information content (AvgIpc) is 2.31. The molecule has 0 aliphatic heterocycles. The monoisotopic (exact) mass is 151 g/mol. The standard InChI is InChI=1S/C8H9NO2/c1-6-2-3-7(11-6)4-5-8(9)10/h2-5H,1H3,(H2,9,10)/b5-4+. The van der Waals surface area contributed by atoms with Crippen LogP contribution < -0.4 is 5.73 Å². The average molecular weight is 151 g/mol. The van der Waals surface area contributed by atoms with Gasteiger partial charge in [0.05, 0.1) is 0 Å². The second-order valence-corrected chi connectivity index (χ2v) is 2.18. The largest absolute Gasteiger partial charge is 0.462 e. The summed E-state index contributed by atoms with van der Waals surface area (Å²) in [5.74, 6) is 0.981. The highest BCUT2D eigenvalue weighted by Gasteiger charge is 1.92. The van der Waals surface area contributed by atoms with Gasteiger partial charge in [0.25, 0.3) is 0 Å². The molecule has 58 valence electrons. The Hall–Kier alpha value is -1.51. The minimum Gasteiger partial charge on any atom is -0.462 e. The van der Waals surface area contributed by atoms with Crippen molar-refractivity contribution < 1.29 is 9.21 Å². The van der Waals surface area contributed by atoms with E-state index in [2.05, 4.69) is 0 Å². The fourth-order valence-electron chi connectivity index (χ4n) is 0.707. The van der Waals surface area contributed by atoms with E-state index in [1.165, 1.54) is 12.2 Å². The van der Waals surface area contributed by atoms with Crippen LogP contribution in [0.25, 0.3) is 6.08 Å². The fraction of sp³-hybridized carbons (Fsp3) is 0.125. The maximum absolute atomic E-state index is 10.3. The van der Waals surface area contributed by atoms with E-state index in [1.807, 2.05) is 13.0 Å². The quantitative estimate of drug-likeness (QED) is 0.643. The van der Waals surface area contributed by atoms with Crippen LogP contribution in [0.2, 0.25) is 0 Å². The van der Waals surface area contributed by atoms with Gasteiger partial charge in [0.2, 0.25) is 5.91 Å². The van der Waals surface area contributed by atoms with E-state index in [0.717, 1.165) is 5.76 Å². The van der Waals surface area contributed by atoms with E-state index < -0.39 is 5.91 Å². The first-order chi connectivity index (χ1) is 5.18. The highest BCUT2D eigenvalue weighted by Crippen LogP contribution is 2.07. The Balaban J connectivity index is 2.71. The molecule has 0 atom stereocenters. The molecule has 0 spiro atoms. The number of carbonyl (C=O) groups is 1. The highest BCUT2D eigenvalue weighted by molar-refractivity contribution is 5.89. The first kappa shape index (κ1) is 7.60. The molecule has 0 aliphatic rings. The van der Waals surface area contributed by atoms with E-state index in [-0.39, 0.29) is 0 Å². The first-order valence-electron chi connectivity index (χ1n) is 3.22. The first-order valence-corrected chi connectivity index (χ1v) is 3.22. The van der Waals surface area contributed by atoms with Gasteiger partial charge in [-0.25, -0.2) is 0 Å². The Kier molecular flexibility index (Phi) is 2.11. The Morgan fingerprint density at radius 2 is 2.36 bits per heavy atom. The van der Waals surface area contributed by atoms with Gasteiger partial charge in [0, 0.05) is 6.08 Å². The zero-order chi connectivity index (χ0) is 8.27. The van der Waals surface area contributed by atoms with Gasteiger partial charge in [-0.1, -0.05) is 0 Å². The minimum atomic E-state index is -0.473. The van der Waals surface area contributed by atoms with Crippen molar-refractivity contribution >= 4 is 12.0 Å². The van der Waals surface area contributed by atoms with Crippen molar-refractivity contribution in [1.29, 1.82) is 0 Å². The van der Waals surface area contributed by atoms with Crippen molar-refractivity contribution in [2.75, 3.05) is 0 Å². The summed E-state index contributed by atoms with van der Waals surface area (Å²) in [6.07, 6.45) is 2.80. The molecule has 1 heterocycles. The lowest BCUT2D eigenvalue weighted by Crippen LogP contribution is -2.04. The van der Waals surface area contributed by atoms with Gasteiger partial charge in [-0.2, -0.15) is 0 Å². The van der Waals surface area contributed by atoms with E-state index in [9.17, 15) is 4.79 Å². The maximum Gasteiger partial charge on any atom is 0.241 e. The summed E-state index contributed by atoms with van der Waals surface area (Å²) in [6.45, 7) is 1.83. The van der Waals surface area contributed by atoms with Crippen molar-refractivity contribution in [1.82, 2.24) is 0 Å². The third-order valence-corrected chi connectivity index (χ3v) is 1.17. The summed E-state index contributed by atoms with van der Waals surface area (Å²) in [5.41, 5.74) is 4.88. The number of hydrogen-bond acceptors (Lipinski definition) is 2. The normalized spacial score (nSPS) is 10.6. The zero-order valence-electron chi connectivity index (χ0n) is 6.20. The van der Waals surface area contributed by atoms with Crippen molar-refractivity contribution in [3.63, 3.8) is 0 Å². The summed E-state index contributed by atoms with van der Waals surface area (Å²) < 4.78 is 5.14. The van der Waals surface area contributed by atoms with Gasteiger partial charge < -0.3 is 10.2 Å². The molecule has 2 N–H and O–H groups in total. The van der Waals surface area contributed by atoms with Crippen LogP contribution in [-0.2, 0) is 4.79 Å². The van der Waals surface area contributed by atoms with Crippen molar-refractivity contribution in [3.8, 4) is 0 Å². The molecule has 0 aliphatic carbocycles. The van der Waals surface area contributed by atoms with Crippen LogP contribution in [0.5, 0.6) is 0 Å². The van der Waals surface area contributed by atoms with Crippen LogP contribution in [0.15, 0.2) is 22.6 Å². The van der Waals surface area contributed by atoms with Crippen LogP contribution in [-0.4, -0.2) is 5.91 Å². The van der Waals surface area contributed by atoms with Gasteiger partial charge in [-0.15, -0.1) is 0 Å². The van der Waals surface area contributed by atoms with Gasteiger partial charge in [-0.05, 0) is 25.1 Å². The number of rotatable bonds is 2. The summed E-state index contributed by atoms with van der Waals surface area (Å²) in [5, 5.41) is 0. The predicted molar refractivity (Wildman–Crippen MR) is 41.7 cm³/mol. The van der Waals surface area contributed by atoms with Crippen LogP contribution >= 0.6 is 0 Å². The number of amides is 1. The molecule has 1 aromatic rings. The summed E-state index contributed by atoms with van der Waals surface area (Å²) in [7, 11) is 0. The topological polar surface area (TPSA) is 56.2 Å². The number of aryl methyl sites for hydroxylation is 1. The number of primary amides is 1. The molecular weight excluding hydrogens is 142 g/mol. The molecule has 1 rings (SSSR count). The van der Waals surface area contributed by atoms with E-state index in [4.69, 9.17) is 10.2 Å². The van der Waals surface area contributed by atoms with Crippen molar-refractivity contribution in [2.24, 2.45) is 5.73 Å². The van der Waals surface area contributed by atoms with Crippen LogP contribution in [0, 0.1) is 6.92 Å². The summed E-state index contributed by atoms with van der Waals surface area (Å²) in [6, 6.07) is 3.59. The maximum atomic E-state index is 10.3. The second-order valence-electron chi connectivity index (χ2n) is 2.18. The number of carbonyl (C=O) groups excluding carboxylic acids is 1. The molecule has 3 heteroatoms. The van der Waals surface area contributed by atoms with E-state index in [1.54, 1.807) is 6.07 Å². The Morgan fingerprint density at radius 1 is 1.64 bits per heavy atom. The lowest BCUT2D eigenvalue weighted by atomic mass is 10.4. The molecule has 11 heavy (non-hydrogen) atoms. The predicted octanol–water partition coefficient (Wildman–Crippen LogP) is 1.09. The Bertz CT molecular complexity index is 286. The number of nitrogens with two attached hydrogens (primary N) is 1. The molecule has 0 aromatic carbocycles. The van der Waals surface area contributed by atoms with Gasteiger partial charge in [0.15, 0.2) is 0 Å². The smallest absolute Gasteiger partial charge is 0.241 e. The molecule has 0 saturated heterocycles. The van der Waals surface area contributed by atoms with E-state index in [0.29, 0.717) is 5.76 Å². The molecule has 0 saturated carbocycles. The van der Waals surface area contributed by atoms with Gasteiger partial charge >= 0.3 is 0 Å². The second kappa shape index (κ2) is 3.05. The SMILES string of the molecule is Cc1ccc(/C=C/C(N)=O)o1. The van der Waals surface area contributed by atoms with Crippen LogP contribution in [0.4, 0.5) is 0 Å².